The van der Waals surface area contributed by atoms with Crippen molar-refractivity contribution < 1.29 is 14.3 Å². The number of amides is 2. The summed E-state index contributed by atoms with van der Waals surface area (Å²) < 4.78 is 6.01. The van der Waals surface area contributed by atoms with Gasteiger partial charge in [0, 0.05) is 38.8 Å². The summed E-state index contributed by atoms with van der Waals surface area (Å²) in [6.45, 7) is 9.83. The highest BCUT2D eigenvalue weighted by Crippen LogP contribution is 2.22. The molecule has 2 heterocycles. The van der Waals surface area contributed by atoms with E-state index in [1.807, 2.05) is 23.6 Å². The Morgan fingerprint density at radius 3 is 2.48 bits per heavy atom. The molecule has 31 heavy (non-hydrogen) atoms. The molecule has 2 saturated heterocycles. The van der Waals surface area contributed by atoms with Crippen LogP contribution in [0.3, 0.4) is 0 Å². The molecule has 0 aliphatic carbocycles. The number of piperidine rings is 1. The third kappa shape index (κ3) is 5.76. The normalized spacial score (nSPS) is 20.9. The van der Waals surface area contributed by atoms with Gasteiger partial charge in [0.1, 0.15) is 11.8 Å². The molecule has 2 amide bonds. The molecule has 3 rings (SSSR count). The number of carbonyl (C=O) groups excluding carboxylic acids is 2. The molecular weight excluding hydrogens is 392 g/mol. The first-order chi connectivity index (χ1) is 14.9. The van der Waals surface area contributed by atoms with Crippen LogP contribution in [0.25, 0.3) is 0 Å². The van der Waals surface area contributed by atoms with E-state index in [1.165, 1.54) is 6.42 Å². The fourth-order valence-electron chi connectivity index (χ4n) is 4.33. The van der Waals surface area contributed by atoms with Crippen molar-refractivity contribution in [1.82, 2.24) is 14.7 Å². The fourth-order valence-corrected chi connectivity index (χ4v) is 4.33. The monoisotopic (exact) mass is 426 g/mol. The van der Waals surface area contributed by atoms with Crippen molar-refractivity contribution >= 4 is 11.8 Å². The van der Waals surface area contributed by atoms with Crippen molar-refractivity contribution in [2.24, 2.45) is 5.92 Å². The summed E-state index contributed by atoms with van der Waals surface area (Å²) in [5, 5.41) is 9.31. The zero-order chi connectivity index (χ0) is 22.4. The predicted molar refractivity (Wildman–Crippen MR) is 118 cm³/mol. The summed E-state index contributed by atoms with van der Waals surface area (Å²) in [6, 6.07) is 9.45. The van der Waals surface area contributed by atoms with Crippen LogP contribution in [0.5, 0.6) is 5.75 Å². The highest BCUT2D eigenvalue weighted by atomic mass is 16.5. The van der Waals surface area contributed by atoms with E-state index in [9.17, 15) is 14.9 Å². The molecule has 7 heteroatoms. The second-order valence-corrected chi connectivity index (χ2v) is 8.92. The molecule has 7 nitrogen and oxygen atoms in total. The van der Waals surface area contributed by atoms with Gasteiger partial charge in [0.2, 0.25) is 5.91 Å². The minimum Gasteiger partial charge on any atom is -0.479 e. The van der Waals surface area contributed by atoms with Gasteiger partial charge in [0.15, 0.2) is 6.10 Å². The quantitative estimate of drug-likeness (QED) is 0.699. The molecule has 0 spiro atoms. The zero-order valence-electron chi connectivity index (χ0n) is 18.9. The predicted octanol–water partition coefficient (Wildman–Crippen LogP) is 2.51. The van der Waals surface area contributed by atoms with Crippen LogP contribution in [0.15, 0.2) is 24.3 Å². The number of nitriles is 1. The average molecular weight is 427 g/mol. The van der Waals surface area contributed by atoms with Crippen LogP contribution in [0.4, 0.5) is 0 Å². The van der Waals surface area contributed by atoms with E-state index in [4.69, 9.17) is 4.74 Å². The molecule has 0 N–H and O–H groups in total. The van der Waals surface area contributed by atoms with Gasteiger partial charge in [0.05, 0.1) is 12.1 Å². The number of benzene rings is 1. The SMILES string of the molecule is CC(C)C(Oc1ccccc1C#N)C(=O)N1CCN(CC(=O)N2CCCCC2C)CC1. The van der Waals surface area contributed by atoms with Gasteiger partial charge in [-0.05, 0) is 44.2 Å². The highest BCUT2D eigenvalue weighted by Gasteiger charge is 2.33. The number of likely N-dealkylation sites (tertiary alicyclic amines) is 1. The Hall–Kier alpha value is -2.59. The number of para-hydroxylation sites is 1. The molecule has 2 unspecified atom stereocenters. The first-order valence-corrected chi connectivity index (χ1v) is 11.4. The fraction of sp³-hybridized carbons (Fsp3) is 0.625. The summed E-state index contributed by atoms with van der Waals surface area (Å²) in [5.41, 5.74) is 0.427. The van der Waals surface area contributed by atoms with E-state index in [2.05, 4.69) is 17.9 Å². The number of ether oxygens (including phenoxy) is 1. The summed E-state index contributed by atoms with van der Waals surface area (Å²) in [7, 11) is 0. The van der Waals surface area contributed by atoms with Crippen molar-refractivity contribution in [2.75, 3.05) is 39.3 Å². The zero-order valence-corrected chi connectivity index (χ0v) is 18.9. The Kier molecular flexibility index (Phi) is 7.91. The summed E-state index contributed by atoms with van der Waals surface area (Å²) in [5.74, 6) is 0.554. The second-order valence-electron chi connectivity index (χ2n) is 8.92. The van der Waals surface area contributed by atoms with Crippen molar-refractivity contribution in [1.29, 1.82) is 5.26 Å². The standard InChI is InChI=1S/C24H34N4O3/c1-18(2)23(31-21-10-5-4-9-20(21)16-25)24(30)27-14-12-26(13-15-27)17-22(29)28-11-7-6-8-19(28)3/h4-5,9-10,18-19,23H,6-8,11-15,17H2,1-3H3. The Bertz CT molecular complexity index is 811. The smallest absolute Gasteiger partial charge is 0.264 e. The molecule has 0 bridgehead atoms. The van der Waals surface area contributed by atoms with E-state index < -0.39 is 6.10 Å². The number of hydrogen-bond donors (Lipinski definition) is 0. The van der Waals surface area contributed by atoms with Gasteiger partial charge in [-0.1, -0.05) is 26.0 Å². The van der Waals surface area contributed by atoms with E-state index in [0.717, 1.165) is 19.4 Å². The highest BCUT2D eigenvalue weighted by molar-refractivity contribution is 5.82. The minimum absolute atomic E-state index is 0.0283. The van der Waals surface area contributed by atoms with Crippen molar-refractivity contribution in [3.8, 4) is 11.8 Å². The summed E-state index contributed by atoms with van der Waals surface area (Å²) >= 11 is 0. The van der Waals surface area contributed by atoms with Gasteiger partial charge >= 0.3 is 0 Å². The molecule has 168 valence electrons. The van der Waals surface area contributed by atoms with Gasteiger partial charge in [-0.3, -0.25) is 14.5 Å². The van der Waals surface area contributed by atoms with E-state index >= 15 is 0 Å². The molecule has 2 atom stereocenters. The van der Waals surface area contributed by atoms with Gasteiger partial charge < -0.3 is 14.5 Å². The van der Waals surface area contributed by atoms with Crippen LogP contribution >= 0.6 is 0 Å². The number of piperazine rings is 1. The first kappa shape index (κ1) is 23.1. The van der Waals surface area contributed by atoms with Crippen LogP contribution in [-0.4, -0.2) is 77.9 Å². The third-order valence-electron chi connectivity index (χ3n) is 6.28. The maximum Gasteiger partial charge on any atom is 0.264 e. The molecule has 1 aromatic carbocycles. The van der Waals surface area contributed by atoms with Crippen LogP contribution < -0.4 is 4.74 Å². The Balaban J connectivity index is 1.55. The average Bonchev–Trinajstić information content (AvgIpc) is 2.77. The topological polar surface area (TPSA) is 76.9 Å². The van der Waals surface area contributed by atoms with Crippen LogP contribution in [-0.2, 0) is 9.59 Å². The lowest BCUT2D eigenvalue weighted by Gasteiger charge is -2.39. The molecule has 0 saturated carbocycles. The Labute approximate surface area is 185 Å². The van der Waals surface area contributed by atoms with Crippen LogP contribution in [0.1, 0.15) is 45.6 Å². The van der Waals surface area contributed by atoms with Gasteiger partial charge in [-0.2, -0.15) is 5.26 Å². The second kappa shape index (κ2) is 10.6. The number of rotatable bonds is 6. The Morgan fingerprint density at radius 2 is 1.84 bits per heavy atom. The van der Waals surface area contributed by atoms with Crippen molar-refractivity contribution in [3.63, 3.8) is 0 Å². The van der Waals surface area contributed by atoms with Gasteiger partial charge in [-0.15, -0.1) is 0 Å². The molecule has 2 aliphatic rings. The molecule has 2 aliphatic heterocycles. The van der Waals surface area contributed by atoms with Crippen LogP contribution in [0.2, 0.25) is 0 Å². The summed E-state index contributed by atoms with van der Waals surface area (Å²) in [6.07, 6.45) is 2.73. The molecular formula is C24H34N4O3. The van der Waals surface area contributed by atoms with Crippen molar-refractivity contribution in [3.05, 3.63) is 29.8 Å². The lowest BCUT2D eigenvalue weighted by molar-refractivity contribution is -0.143. The molecule has 2 fully saturated rings. The largest absolute Gasteiger partial charge is 0.479 e. The summed E-state index contributed by atoms with van der Waals surface area (Å²) in [4.78, 5) is 31.9. The molecule has 0 aromatic heterocycles. The maximum atomic E-state index is 13.2. The van der Waals surface area contributed by atoms with Crippen molar-refractivity contribution in [2.45, 2.75) is 52.2 Å². The maximum absolute atomic E-state index is 13.2. The molecule has 1 aromatic rings. The number of hydrogen-bond acceptors (Lipinski definition) is 5. The third-order valence-corrected chi connectivity index (χ3v) is 6.28. The van der Waals surface area contributed by atoms with E-state index in [0.29, 0.717) is 50.1 Å². The van der Waals surface area contributed by atoms with E-state index in [-0.39, 0.29) is 17.7 Å². The van der Waals surface area contributed by atoms with Crippen LogP contribution in [0, 0.1) is 17.2 Å². The van der Waals surface area contributed by atoms with E-state index in [1.54, 1.807) is 24.3 Å². The number of nitrogens with zero attached hydrogens (tertiary/aromatic N) is 4. The lowest BCUT2D eigenvalue weighted by atomic mass is 10.0. The van der Waals surface area contributed by atoms with Gasteiger partial charge in [-0.25, -0.2) is 0 Å². The van der Waals surface area contributed by atoms with Gasteiger partial charge in [0.25, 0.3) is 5.91 Å². The molecule has 0 radical (unpaired) electrons. The Morgan fingerprint density at radius 1 is 1.13 bits per heavy atom. The lowest BCUT2D eigenvalue weighted by Crippen LogP contribution is -2.55. The minimum atomic E-state index is -0.642. The number of carbonyl (C=O) groups is 2. The first-order valence-electron chi connectivity index (χ1n) is 11.4.